The first-order chi connectivity index (χ1) is 5.70. The van der Waals surface area contributed by atoms with Crippen molar-refractivity contribution in [3.05, 3.63) is 0 Å². The van der Waals surface area contributed by atoms with Crippen molar-refractivity contribution in [1.29, 1.82) is 0 Å². The van der Waals surface area contributed by atoms with Crippen molar-refractivity contribution in [1.82, 2.24) is 5.06 Å². The predicted molar refractivity (Wildman–Crippen MR) is 47.0 cm³/mol. The highest BCUT2D eigenvalue weighted by Crippen LogP contribution is 2.21. The van der Waals surface area contributed by atoms with Crippen LogP contribution in [-0.4, -0.2) is 34.1 Å². The monoisotopic (exact) mass is 173 g/mol. The first-order valence-corrected chi connectivity index (χ1v) is 4.83. The van der Waals surface area contributed by atoms with E-state index in [1.165, 1.54) is 24.3 Å². The molecule has 72 valence electrons. The van der Waals surface area contributed by atoms with E-state index in [1.54, 1.807) is 6.92 Å². The standard InChI is InChI=1S/C9H19NO2/c1-8(11)7-10(12)9-5-3-2-4-6-9/h8-9,11-12H,2-7H2,1H3. The van der Waals surface area contributed by atoms with E-state index in [1.807, 2.05) is 0 Å². The Balaban J connectivity index is 2.24. The Morgan fingerprint density at radius 1 is 1.33 bits per heavy atom. The highest BCUT2D eigenvalue weighted by atomic mass is 16.5. The Labute approximate surface area is 74.0 Å². The minimum absolute atomic E-state index is 0.286. The normalized spacial score (nSPS) is 23.0. The molecule has 0 heterocycles. The summed E-state index contributed by atoms with van der Waals surface area (Å²) in [6.45, 7) is 2.08. The van der Waals surface area contributed by atoms with Crippen molar-refractivity contribution in [3.63, 3.8) is 0 Å². The summed E-state index contributed by atoms with van der Waals surface area (Å²) in [5.41, 5.74) is 0. The van der Waals surface area contributed by atoms with E-state index in [0.717, 1.165) is 12.8 Å². The highest BCUT2D eigenvalue weighted by molar-refractivity contribution is 4.71. The third kappa shape index (κ3) is 3.09. The van der Waals surface area contributed by atoms with Crippen molar-refractivity contribution in [3.8, 4) is 0 Å². The van der Waals surface area contributed by atoms with Crippen molar-refractivity contribution < 1.29 is 10.3 Å². The van der Waals surface area contributed by atoms with Crippen LogP contribution >= 0.6 is 0 Å². The highest BCUT2D eigenvalue weighted by Gasteiger charge is 2.20. The minimum Gasteiger partial charge on any atom is -0.392 e. The van der Waals surface area contributed by atoms with Crippen LogP contribution < -0.4 is 0 Å². The quantitative estimate of drug-likeness (QED) is 0.634. The maximum atomic E-state index is 9.52. The van der Waals surface area contributed by atoms with E-state index in [-0.39, 0.29) is 6.04 Å². The molecule has 1 aliphatic carbocycles. The number of aliphatic hydroxyl groups is 1. The van der Waals surface area contributed by atoms with Crippen LogP contribution in [0.15, 0.2) is 0 Å². The number of hydroxylamine groups is 2. The summed E-state index contributed by atoms with van der Waals surface area (Å²) in [7, 11) is 0. The van der Waals surface area contributed by atoms with Crippen LogP contribution in [0, 0.1) is 0 Å². The summed E-state index contributed by atoms with van der Waals surface area (Å²) >= 11 is 0. The molecule has 0 aromatic rings. The number of hydrogen-bond acceptors (Lipinski definition) is 3. The average Bonchev–Trinajstić information content (AvgIpc) is 2.05. The molecule has 1 saturated carbocycles. The first-order valence-electron chi connectivity index (χ1n) is 4.83. The first kappa shape index (κ1) is 9.96. The lowest BCUT2D eigenvalue weighted by molar-refractivity contribution is -0.150. The number of hydrogen-bond donors (Lipinski definition) is 2. The largest absolute Gasteiger partial charge is 0.392 e. The second kappa shape index (κ2) is 4.80. The van der Waals surface area contributed by atoms with Crippen molar-refractivity contribution in [2.24, 2.45) is 0 Å². The SMILES string of the molecule is CC(O)CN(O)C1CCCCC1. The molecule has 0 aromatic carbocycles. The Kier molecular flexibility index (Phi) is 3.98. The lowest BCUT2D eigenvalue weighted by Gasteiger charge is -2.29. The molecule has 0 bridgehead atoms. The van der Waals surface area contributed by atoms with Gasteiger partial charge in [0.05, 0.1) is 6.10 Å². The second-order valence-corrected chi connectivity index (χ2v) is 3.76. The maximum Gasteiger partial charge on any atom is 0.0662 e. The third-order valence-electron chi connectivity index (χ3n) is 2.45. The summed E-state index contributed by atoms with van der Waals surface area (Å²) in [5.74, 6) is 0. The average molecular weight is 173 g/mol. The zero-order valence-corrected chi connectivity index (χ0v) is 7.74. The van der Waals surface area contributed by atoms with Gasteiger partial charge in [-0.1, -0.05) is 19.3 Å². The number of aliphatic hydroxyl groups excluding tert-OH is 1. The molecule has 0 spiro atoms. The molecule has 1 rings (SSSR count). The van der Waals surface area contributed by atoms with Gasteiger partial charge in [-0.15, -0.1) is 0 Å². The molecule has 1 fully saturated rings. The van der Waals surface area contributed by atoms with Crippen LogP contribution in [0.2, 0.25) is 0 Å². The number of nitrogens with zero attached hydrogens (tertiary/aromatic N) is 1. The summed E-state index contributed by atoms with van der Waals surface area (Å²) in [6, 6.07) is 0.286. The summed E-state index contributed by atoms with van der Waals surface area (Å²) < 4.78 is 0. The van der Waals surface area contributed by atoms with Gasteiger partial charge in [0, 0.05) is 12.6 Å². The zero-order valence-electron chi connectivity index (χ0n) is 7.74. The van der Waals surface area contributed by atoms with E-state index >= 15 is 0 Å². The number of rotatable bonds is 3. The summed E-state index contributed by atoms with van der Waals surface area (Å²) in [4.78, 5) is 0. The molecular weight excluding hydrogens is 154 g/mol. The van der Waals surface area contributed by atoms with Crippen LogP contribution in [0.1, 0.15) is 39.0 Å². The second-order valence-electron chi connectivity index (χ2n) is 3.76. The Morgan fingerprint density at radius 2 is 1.92 bits per heavy atom. The molecule has 0 radical (unpaired) electrons. The third-order valence-corrected chi connectivity index (χ3v) is 2.45. The lowest BCUT2D eigenvalue weighted by atomic mass is 9.95. The lowest BCUT2D eigenvalue weighted by Crippen LogP contribution is -2.38. The molecule has 0 aliphatic heterocycles. The van der Waals surface area contributed by atoms with E-state index in [9.17, 15) is 5.21 Å². The van der Waals surface area contributed by atoms with E-state index < -0.39 is 6.10 Å². The fourth-order valence-corrected chi connectivity index (χ4v) is 1.80. The van der Waals surface area contributed by atoms with Gasteiger partial charge in [0.1, 0.15) is 0 Å². The maximum absolute atomic E-state index is 9.52. The molecule has 0 saturated heterocycles. The van der Waals surface area contributed by atoms with Crippen LogP contribution in [0.25, 0.3) is 0 Å². The van der Waals surface area contributed by atoms with Crippen molar-refractivity contribution in [2.45, 2.75) is 51.2 Å². The fourth-order valence-electron chi connectivity index (χ4n) is 1.80. The van der Waals surface area contributed by atoms with Gasteiger partial charge < -0.3 is 10.3 Å². The summed E-state index contributed by atoms with van der Waals surface area (Å²) in [6.07, 6.45) is 5.42. The molecule has 12 heavy (non-hydrogen) atoms. The van der Waals surface area contributed by atoms with Gasteiger partial charge in [0.25, 0.3) is 0 Å². The van der Waals surface area contributed by atoms with Gasteiger partial charge in [-0.25, -0.2) is 0 Å². The van der Waals surface area contributed by atoms with Crippen molar-refractivity contribution in [2.75, 3.05) is 6.54 Å². The Hall–Kier alpha value is -0.120. The van der Waals surface area contributed by atoms with E-state index in [0.29, 0.717) is 6.54 Å². The van der Waals surface area contributed by atoms with Gasteiger partial charge in [0.2, 0.25) is 0 Å². The zero-order chi connectivity index (χ0) is 8.97. The van der Waals surface area contributed by atoms with Gasteiger partial charge in [-0.3, -0.25) is 0 Å². The minimum atomic E-state index is -0.433. The van der Waals surface area contributed by atoms with E-state index in [4.69, 9.17) is 5.11 Å². The fraction of sp³-hybridized carbons (Fsp3) is 1.00. The Morgan fingerprint density at radius 3 is 2.42 bits per heavy atom. The topological polar surface area (TPSA) is 43.7 Å². The smallest absolute Gasteiger partial charge is 0.0662 e. The summed E-state index contributed by atoms with van der Waals surface area (Å²) in [5, 5.41) is 19.9. The molecule has 1 unspecified atom stereocenters. The molecule has 0 aromatic heterocycles. The Bertz CT molecular complexity index is 122. The van der Waals surface area contributed by atoms with Crippen LogP contribution in [-0.2, 0) is 0 Å². The van der Waals surface area contributed by atoms with Gasteiger partial charge in [-0.05, 0) is 19.8 Å². The molecular formula is C9H19NO2. The van der Waals surface area contributed by atoms with Crippen LogP contribution in [0.5, 0.6) is 0 Å². The predicted octanol–water partition coefficient (Wildman–Crippen LogP) is 1.39. The molecule has 1 atom stereocenters. The molecule has 3 nitrogen and oxygen atoms in total. The van der Waals surface area contributed by atoms with Gasteiger partial charge >= 0.3 is 0 Å². The molecule has 3 heteroatoms. The van der Waals surface area contributed by atoms with Crippen LogP contribution in [0.4, 0.5) is 0 Å². The van der Waals surface area contributed by atoms with Gasteiger partial charge in [0.15, 0.2) is 0 Å². The van der Waals surface area contributed by atoms with Crippen LogP contribution in [0.3, 0.4) is 0 Å². The molecule has 0 amide bonds. The van der Waals surface area contributed by atoms with Gasteiger partial charge in [-0.2, -0.15) is 5.06 Å². The molecule has 1 aliphatic rings. The van der Waals surface area contributed by atoms with E-state index in [2.05, 4.69) is 0 Å². The molecule has 2 N–H and O–H groups in total. The van der Waals surface area contributed by atoms with Crippen molar-refractivity contribution >= 4 is 0 Å².